The van der Waals surface area contributed by atoms with E-state index in [1.54, 1.807) is 18.3 Å². The first-order valence-corrected chi connectivity index (χ1v) is 14.4. The molecule has 2 aromatic heterocycles. The molecule has 0 radical (unpaired) electrons. The maximum Gasteiger partial charge on any atom is 0.414 e. The van der Waals surface area contributed by atoms with E-state index < -0.39 is 24.5 Å². The fraction of sp³-hybridized carbons (Fsp3) is 0.483. The number of hydrogen-bond donors (Lipinski definition) is 4. The van der Waals surface area contributed by atoms with Crippen molar-refractivity contribution in [3.05, 3.63) is 59.1 Å². The maximum absolute atomic E-state index is 14.6. The zero-order chi connectivity index (χ0) is 30.3. The molecule has 0 saturated heterocycles. The predicted octanol–water partition coefficient (Wildman–Crippen LogP) is 5.98. The van der Waals surface area contributed by atoms with Crippen LogP contribution in [0.3, 0.4) is 0 Å². The monoisotopic (exact) mass is 609 g/mol. The summed E-state index contributed by atoms with van der Waals surface area (Å²) in [6.45, 7) is 4.94. The van der Waals surface area contributed by atoms with Crippen LogP contribution < -0.4 is 16.0 Å². The number of aliphatic hydroxyl groups is 1. The molecule has 1 atom stereocenters. The molecule has 0 bridgehead atoms. The lowest BCUT2D eigenvalue weighted by molar-refractivity contribution is -0.204. The van der Waals surface area contributed by atoms with Crippen LogP contribution in [0.25, 0.3) is 11.3 Å². The molecule has 0 amide bonds. The summed E-state index contributed by atoms with van der Waals surface area (Å²) >= 11 is 6.07. The van der Waals surface area contributed by atoms with Gasteiger partial charge in [0.2, 0.25) is 0 Å². The zero-order valence-corrected chi connectivity index (χ0v) is 24.3. The van der Waals surface area contributed by atoms with Gasteiger partial charge < -0.3 is 21.1 Å². The quantitative estimate of drug-likeness (QED) is 0.166. The lowest BCUT2D eigenvalue weighted by atomic mass is 9.77. The third-order valence-electron chi connectivity index (χ3n) is 7.35. The standard InChI is InChI=1S/C29H36ClF4N7O/c1-3-11-41(12-10-35-2)21-13-18(14-21)24-16-20(6-8-36-24)38-26-17-25(22-15-19(30)4-5-23(22)31)39-40-28(26)37-9-7-27(42)29(32,33)34/h4-6,8,15-18,21,27,35,42H,3,7,9-14H2,1-2H3,(H,37,40)(H,36,38,39). The summed E-state index contributed by atoms with van der Waals surface area (Å²) in [7, 11) is 1.95. The molecule has 0 aliphatic heterocycles. The van der Waals surface area contributed by atoms with Gasteiger partial charge in [0.1, 0.15) is 5.82 Å². The van der Waals surface area contributed by atoms with Crippen molar-refractivity contribution in [3.63, 3.8) is 0 Å². The lowest BCUT2D eigenvalue weighted by Crippen LogP contribution is -2.46. The van der Waals surface area contributed by atoms with E-state index in [4.69, 9.17) is 11.6 Å². The number of rotatable bonds is 14. The second-order valence-corrected chi connectivity index (χ2v) is 10.9. The van der Waals surface area contributed by atoms with Crippen LogP contribution in [0.5, 0.6) is 0 Å². The van der Waals surface area contributed by atoms with Gasteiger partial charge in [-0.05, 0) is 75.7 Å². The molecule has 3 aromatic rings. The first-order chi connectivity index (χ1) is 20.1. The third-order valence-corrected chi connectivity index (χ3v) is 7.59. The van der Waals surface area contributed by atoms with E-state index in [-0.39, 0.29) is 23.6 Å². The molecule has 13 heteroatoms. The van der Waals surface area contributed by atoms with Gasteiger partial charge in [0, 0.05) is 59.8 Å². The number of benzene rings is 1. The number of alkyl halides is 3. The average molecular weight is 610 g/mol. The Morgan fingerprint density at radius 3 is 2.60 bits per heavy atom. The Bertz CT molecular complexity index is 1320. The summed E-state index contributed by atoms with van der Waals surface area (Å²) in [4.78, 5) is 7.11. The number of likely N-dealkylation sites (N-methyl/N-ethyl adjacent to an activating group) is 1. The highest BCUT2D eigenvalue weighted by atomic mass is 35.5. The van der Waals surface area contributed by atoms with Crippen LogP contribution in [0.4, 0.5) is 34.8 Å². The van der Waals surface area contributed by atoms with Crippen molar-refractivity contribution in [1.29, 1.82) is 0 Å². The number of halogens is 5. The van der Waals surface area contributed by atoms with Gasteiger partial charge in [0.15, 0.2) is 11.9 Å². The first-order valence-electron chi connectivity index (χ1n) is 14.0. The fourth-order valence-electron chi connectivity index (χ4n) is 4.99. The molecule has 228 valence electrons. The van der Waals surface area contributed by atoms with E-state index in [0.29, 0.717) is 28.4 Å². The number of hydrogen-bond acceptors (Lipinski definition) is 8. The summed E-state index contributed by atoms with van der Waals surface area (Å²) in [5.41, 5.74) is 2.31. The van der Waals surface area contributed by atoms with Gasteiger partial charge in [0.05, 0.1) is 11.4 Å². The molecular formula is C29H36ClF4N7O. The molecule has 4 rings (SSSR count). The minimum Gasteiger partial charge on any atom is -0.384 e. The second kappa shape index (κ2) is 14.4. The number of aromatic nitrogens is 3. The smallest absolute Gasteiger partial charge is 0.384 e. The predicted molar refractivity (Wildman–Crippen MR) is 157 cm³/mol. The number of nitrogens with zero attached hydrogens (tertiary/aromatic N) is 4. The SMILES string of the molecule is CCCN(CCNC)C1CC(c2cc(Nc3cc(-c4cc(Cl)ccc4F)nnc3NCCC(O)C(F)(F)F)ccn2)C1. The Morgan fingerprint density at radius 1 is 1.10 bits per heavy atom. The minimum absolute atomic E-state index is 0.128. The van der Waals surface area contributed by atoms with E-state index in [1.807, 2.05) is 13.1 Å². The van der Waals surface area contributed by atoms with Gasteiger partial charge in [0.25, 0.3) is 0 Å². The van der Waals surface area contributed by atoms with E-state index in [2.05, 4.69) is 43.0 Å². The highest BCUT2D eigenvalue weighted by molar-refractivity contribution is 6.30. The van der Waals surface area contributed by atoms with Crippen LogP contribution in [0, 0.1) is 5.82 Å². The van der Waals surface area contributed by atoms with Crippen LogP contribution in [0.1, 0.15) is 44.2 Å². The van der Waals surface area contributed by atoms with Crippen molar-refractivity contribution < 1.29 is 22.7 Å². The van der Waals surface area contributed by atoms with Gasteiger partial charge in [-0.3, -0.25) is 9.88 Å². The summed E-state index contributed by atoms with van der Waals surface area (Å²) < 4.78 is 52.9. The summed E-state index contributed by atoms with van der Waals surface area (Å²) in [5, 5.41) is 27.1. The Kier molecular flexibility index (Phi) is 10.9. The molecule has 1 aliphatic carbocycles. The molecular weight excluding hydrogens is 574 g/mol. The van der Waals surface area contributed by atoms with Gasteiger partial charge >= 0.3 is 6.18 Å². The normalized spacial score (nSPS) is 17.6. The zero-order valence-electron chi connectivity index (χ0n) is 23.6. The topological polar surface area (TPSA) is 98.2 Å². The number of nitrogens with one attached hydrogen (secondary N) is 3. The van der Waals surface area contributed by atoms with Crippen molar-refractivity contribution in [3.8, 4) is 11.3 Å². The van der Waals surface area contributed by atoms with Gasteiger partial charge in [-0.2, -0.15) is 13.2 Å². The van der Waals surface area contributed by atoms with Crippen molar-refractivity contribution in [1.82, 2.24) is 25.4 Å². The van der Waals surface area contributed by atoms with Crippen molar-refractivity contribution in [2.75, 3.05) is 43.9 Å². The molecule has 42 heavy (non-hydrogen) atoms. The Morgan fingerprint density at radius 2 is 1.88 bits per heavy atom. The fourth-order valence-corrected chi connectivity index (χ4v) is 5.16. The van der Waals surface area contributed by atoms with E-state index in [1.165, 1.54) is 18.2 Å². The molecule has 4 N–H and O–H groups in total. The van der Waals surface area contributed by atoms with Crippen molar-refractivity contribution in [2.24, 2.45) is 0 Å². The van der Waals surface area contributed by atoms with Crippen LogP contribution in [-0.2, 0) is 0 Å². The first kappa shape index (κ1) is 31.9. The highest BCUT2D eigenvalue weighted by Crippen LogP contribution is 2.40. The van der Waals surface area contributed by atoms with Gasteiger partial charge in [-0.25, -0.2) is 4.39 Å². The maximum atomic E-state index is 14.6. The minimum atomic E-state index is -4.73. The molecule has 2 heterocycles. The Labute approximate surface area is 247 Å². The van der Waals surface area contributed by atoms with Gasteiger partial charge in [-0.15, -0.1) is 10.2 Å². The van der Waals surface area contributed by atoms with Crippen LogP contribution in [0.15, 0.2) is 42.6 Å². The second-order valence-electron chi connectivity index (χ2n) is 10.4. The Balaban J connectivity index is 1.53. The van der Waals surface area contributed by atoms with E-state index >= 15 is 0 Å². The Hall–Kier alpha value is -3.06. The molecule has 1 aliphatic rings. The summed E-state index contributed by atoms with van der Waals surface area (Å²) in [6.07, 6.45) is -2.98. The summed E-state index contributed by atoms with van der Waals surface area (Å²) in [5.74, 6) is -0.0950. The highest BCUT2D eigenvalue weighted by Gasteiger charge is 2.37. The molecule has 1 fully saturated rings. The molecule has 8 nitrogen and oxygen atoms in total. The molecule has 1 saturated carbocycles. The number of anilines is 3. The molecule has 1 aromatic carbocycles. The van der Waals surface area contributed by atoms with Crippen molar-refractivity contribution in [2.45, 2.75) is 56.8 Å². The third kappa shape index (κ3) is 8.27. The largest absolute Gasteiger partial charge is 0.414 e. The molecule has 1 unspecified atom stereocenters. The van der Waals surface area contributed by atoms with Gasteiger partial charge in [-0.1, -0.05) is 18.5 Å². The summed E-state index contributed by atoms with van der Waals surface area (Å²) in [6, 6.07) is 9.83. The van der Waals surface area contributed by atoms with E-state index in [9.17, 15) is 22.7 Å². The van der Waals surface area contributed by atoms with Crippen LogP contribution in [0.2, 0.25) is 5.02 Å². The van der Waals surface area contributed by atoms with E-state index in [0.717, 1.165) is 44.6 Å². The number of aliphatic hydroxyl groups excluding tert-OH is 1. The number of pyridine rings is 1. The van der Waals surface area contributed by atoms with Crippen LogP contribution in [-0.4, -0.2) is 76.7 Å². The van der Waals surface area contributed by atoms with Crippen molar-refractivity contribution >= 4 is 28.8 Å². The van der Waals surface area contributed by atoms with Crippen LogP contribution >= 0.6 is 11.6 Å². The lowest BCUT2D eigenvalue weighted by Gasteiger charge is -2.43. The molecule has 0 spiro atoms. The average Bonchev–Trinajstić information content (AvgIpc) is 2.92.